The van der Waals surface area contributed by atoms with Crippen molar-refractivity contribution in [3.63, 3.8) is 0 Å². The van der Waals surface area contributed by atoms with E-state index in [1.807, 2.05) is 30.0 Å². The van der Waals surface area contributed by atoms with Crippen LogP contribution in [0.15, 0.2) is 22.7 Å². The van der Waals surface area contributed by atoms with Crippen molar-refractivity contribution in [2.75, 3.05) is 18.6 Å². The highest BCUT2D eigenvalue weighted by Gasteiger charge is 2.22. The highest BCUT2D eigenvalue weighted by atomic mass is 32.2. The van der Waals surface area contributed by atoms with Crippen LogP contribution in [0.2, 0.25) is 0 Å². The molecule has 0 spiro atoms. The molecule has 0 aliphatic carbocycles. The largest absolute Gasteiger partial charge is 0.493 e. The van der Waals surface area contributed by atoms with Gasteiger partial charge in [-0.25, -0.2) is 0 Å². The van der Waals surface area contributed by atoms with Gasteiger partial charge in [-0.3, -0.25) is 0 Å². The third kappa shape index (κ3) is 2.59. The van der Waals surface area contributed by atoms with Crippen LogP contribution in [-0.2, 0) is 6.54 Å². The SMILES string of the molecule is COc1ccc(-c2noc(CN)n2)cc1OC1CSC1. The van der Waals surface area contributed by atoms with E-state index in [-0.39, 0.29) is 12.6 Å². The summed E-state index contributed by atoms with van der Waals surface area (Å²) >= 11 is 1.87. The number of ether oxygens (including phenoxy) is 2. The number of aromatic nitrogens is 2. The Bertz CT molecular complexity index is 598. The lowest BCUT2D eigenvalue weighted by molar-refractivity contribution is 0.228. The average molecular weight is 293 g/mol. The fourth-order valence-electron chi connectivity index (χ4n) is 1.82. The molecule has 1 fully saturated rings. The fraction of sp³-hybridized carbons (Fsp3) is 0.385. The fourth-order valence-corrected chi connectivity index (χ4v) is 2.39. The lowest BCUT2D eigenvalue weighted by atomic mass is 10.2. The first-order valence-corrected chi connectivity index (χ1v) is 7.41. The topological polar surface area (TPSA) is 83.4 Å². The Morgan fingerprint density at radius 2 is 2.25 bits per heavy atom. The molecule has 0 atom stereocenters. The molecule has 1 aromatic carbocycles. The zero-order chi connectivity index (χ0) is 13.9. The molecule has 0 unspecified atom stereocenters. The number of hydrogen-bond donors (Lipinski definition) is 1. The highest BCUT2D eigenvalue weighted by Crippen LogP contribution is 2.34. The molecule has 6 nitrogen and oxygen atoms in total. The molecule has 1 saturated heterocycles. The number of methoxy groups -OCH3 is 1. The quantitative estimate of drug-likeness (QED) is 0.898. The minimum absolute atomic E-state index is 0.228. The van der Waals surface area contributed by atoms with Gasteiger partial charge in [0.15, 0.2) is 11.5 Å². The molecule has 7 heteroatoms. The molecule has 106 valence electrons. The molecule has 1 aliphatic heterocycles. The molecule has 2 aromatic rings. The molecule has 0 saturated carbocycles. The van der Waals surface area contributed by atoms with Gasteiger partial charge in [-0.2, -0.15) is 16.7 Å². The summed E-state index contributed by atoms with van der Waals surface area (Å²) in [6.45, 7) is 0.228. The van der Waals surface area contributed by atoms with Gasteiger partial charge in [0.1, 0.15) is 6.10 Å². The average Bonchev–Trinajstić information content (AvgIpc) is 2.91. The smallest absolute Gasteiger partial charge is 0.240 e. The summed E-state index contributed by atoms with van der Waals surface area (Å²) in [7, 11) is 1.62. The Morgan fingerprint density at radius 1 is 1.40 bits per heavy atom. The third-order valence-corrected chi connectivity index (χ3v) is 4.18. The minimum atomic E-state index is 0.228. The molecular weight excluding hydrogens is 278 g/mol. The summed E-state index contributed by atoms with van der Waals surface area (Å²) in [6.07, 6.45) is 0.244. The Labute approximate surface area is 120 Å². The first kappa shape index (κ1) is 13.3. The van der Waals surface area contributed by atoms with Gasteiger partial charge in [0.2, 0.25) is 11.7 Å². The number of nitrogens with zero attached hydrogens (tertiary/aromatic N) is 2. The van der Waals surface area contributed by atoms with E-state index in [4.69, 9.17) is 19.7 Å². The summed E-state index contributed by atoms with van der Waals surface area (Å²) in [5, 5.41) is 3.90. The van der Waals surface area contributed by atoms with Crippen LogP contribution in [0.25, 0.3) is 11.4 Å². The van der Waals surface area contributed by atoms with Crippen molar-refractivity contribution in [1.29, 1.82) is 0 Å². The van der Waals surface area contributed by atoms with E-state index >= 15 is 0 Å². The second-order valence-corrected chi connectivity index (χ2v) is 5.43. The lowest BCUT2D eigenvalue weighted by Crippen LogP contribution is -2.31. The molecule has 2 heterocycles. The Hall–Kier alpha value is -1.73. The van der Waals surface area contributed by atoms with Gasteiger partial charge in [0.25, 0.3) is 0 Å². The maximum Gasteiger partial charge on any atom is 0.240 e. The van der Waals surface area contributed by atoms with Gasteiger partial charge in [-0.05, 0) is 18.2 Å². The molecule has 0 radical (unpaired) electrons. The van der Waals surface area contributed by atoms with Crippen molar-refractivity contribution >= 4 is 11.8 Å². The standard InChI is InChI=1S/C13H15N3O3S/c1-17-10-3-2-8(13-15-12(5-14)19-16-13)4-11(10)18-9-6-20-7-9/h2-4,9H,5-7,14H2,1H3. The monoisotopic (exact) mass is 293 g/mol. The number of hydrogen-bond acceptors (Lipinski definition) is 7. The van der Waals surface area contributed by atoms with Crippen LogP contribution in [0.5, 0.6) is 11.5 Å². The van der Waals surface area contributed by atoms with Gasteiger partial charge >= 0.3 is 0 Å². The van der Waals surface area contributed by atoms with E-state index in [2.05, 4.69) is 10.1 Å². The number of nitrogens with two attached hydrogens (primary N) is 1. The zero-order valence-corrected chi connectivity index (χ0v) is 11.9. The van der Waals surface area contributed by atoms with Crippen LogP contribution in [0.1, 0.15) is 5.89 Å². The predicted molar refractivity (Wildman–Crippen MR) is 75.9 cm³/mol. The molecule has 1 aromatic heterocycles. The van der Waals surface area contributed by atoms with Gasteiger partial charge in [-0.15, -0.1) is 0 Å². The summed E-state index contributed by atoms with van der Waals surface area (Å²) < 4.78 is 16.2. The van der Waals surface area contributed by atoms with Crippen molar-refractivity contribution in [3.05, 3.63) is 24.1 Å². The van der Waals surface area contributed by atoms with Gasteiger partial charge in [0.05, 0.1) is 13.7 Å². The van der Waals surface area contributed by atoms with E-state index in [0.717, 1.165) is 17.1 Å². The summed E-state index contributed by atoms with van der Waals surface area (Å²) in [5.74, 6) is 4.33. The normalized spacial score (nSPS) is 14.9. The molecule has 0 bridgehead atoms. The molecule has 20 heavy (non-hydrogen) atoms. The van der Waals surface area contributed by atoms with E-state index in [9.17, 15) is 0 Å². The van der Waals surface area contributed by atoms with Crippen molar-refractivity contribution in [1.82, 2.24) is 10.1 Å². The Balaban J connectivity index is 1.89. The van der Waals surface area contributed by atoms with Crippen molar-refractivity contribution in [3.8, 4) is 22.9 Å². The van der Waals surface area contributed by atoms with Gasteiger partial charge in [-0.1, -0.05) is 5.16 Å². The first-order chi connectivity index (χ1) is 9.80. The Kier molecular flexibility index (Phi) is 3.79. The van der Waals surface area contributed by atoms with Gasteiger partial charge in [0, 0.05) is 17.1 Å². The van der Waals surface area contributed by atoms with Crippen molar-refractivity contribution in [2.45, 2.75) is 12.6 Å². The molecular formula is C13H15N3O3S. The second-order valence-electron chi connectivity index (χ2n) is 4.36. The van der Waals surface area contributed by atoms with Crippen LogP contribution in [0, 0.1) is 0 Å². The summed E-state index contributed by atoms with van der Waals surface area (Å²) in [6, 6.07) is 5.58. The number of thioether (sulfide) groups is 1. The van der Waals surface area contributed by atoms with Crippen LogP contribution >= 0.6 is 11.8 Å². The molecule has 1 aliphatic rings. The maximum atomic E-state index is 5.91. The van der Waals surface area contributed by atoms with Crippen LogP contribution in [-0.4, -0.2) is 34.9 Å². The first-order valence-electron chi connectivity index (χ1n) is 6.25. The van der Waals surface area contributed by atoms with Crippen molar-refractivity contribution in [2.24, 2.45) is 5.73 Å². The predicted octanol–water partition coefficient (Wildman–Crippen LogP) is 1.70. The van der Waals surface area contributed by atoms with Crippen molar-refractivity contribution < 1.29 is 14.0 Å². The second kappa shape index (κ2) is 5.72. The highest BCUT2D eigenvalue weighted by molar-refractivity contribution is 8.00. The molecule has 0 amide bonds. The maximum absolute atomic E-state index is 5.91. The summed E-state index contributed by atoms with van der Waals surface area (Å²) in [4.78, 5) is 4.21. The minimum Gasteiger partial charge on any atom is -0.493 e. The Morgan fingerprint density at radius 3 is 2.85 bits per heavy atom. The number of rotatable bonds is 5. The van der Waals surface area contributed by atoms with E-state index in [0.29, 0.717) is 23.2 Å². The summed E-state index contributed by atoms with van der Waals surface area (Å²) in [5.41, 5.74) is 6.28. The molecule has 2 N–H and O–H groups in total. The van der Waals surface area contributed by atoms with Gasteiger partial charge < -0.3 is 19.7 Å². The van der Waals surface area contributed by atoms with E-state index in [1.54, 1.807) is 7.11 Å². The third-order valence-electron chi connectivity index (χ3n) is 2.97. The number of benzene rings is 1. The van der Waals surface area contributed by atoms with Crippen LogP contribution in [0.4, 0.5) is 0 Å². The molecule has 3 rings (SSSR count). The zero-order valence-electron chi connectivity index (χ0n) is 11.0. The van der Waals surface area contributed by atoms with E-state index < -0.39 is 0 Å². The van der Waals surface area contributed by atoms with Crippen LogP contribution in [0.3, 0.4) is 0 Å². The van der Waals surface area contributed by atoms with E-state index in [1.165, 1.54) is 0 Å². The lowest BCUT2D eigenvalue weighted by Gasteiger charge is -2.26. The van der Waals surface area contributed by atoms with Crippen LogP contribution < -0.4 is 15.2 Å².